The van der Waals surface area contributed by atoms with Crippen LogP contribution in [0, 0.1) is 5.92 Å². The molecule has 0 amide bonds. The predicted octanol–water partition coefficient (Wildman–Crippen LogP) is -0.926. The molecular formula is C9H11NO4. The lowest BCUT2D eigenvalue weighted by Gasteiger charge is -2.17. The van der Waals surface area contributed by atoms with Crippen molar-refractivity contribution in [3.8, 4) is 0 Å². The molecule has 76 valence electrons. The second-order valence-corrected chi connectivity index (χ2v) is 2.69. The van der Waals surface area contributed by atoms with Crippen LogP contribution in [0.2, 0.25) is 0 Å². The largest absolute Gasteiger partial charge is 0.480 e. The Morgan fingerprint density at radius 2 is 2.21 bits per heavy atom. The summed E-state index contributed by atoms with van der Waals surface area (Å²) in [6, 6.07) is -1.09. The molecule has 0 heterocycles. The maximum atomic E-state index is 10.5. The van der Waals surface area contributed by atoms with Gasteiger partial charge in [-0.2, -0.15) is 0 Å². The molecule has 14 heavy (non-hydrogen) atoms. The van der Waals surface area contributed by atoms with Gasteiger partial charge in [-0.15, -0.1) is 0 Å². The number of nitrogens with two attached hydrogens (primary N) is 1. The first-order valence-electron chi connectivity index (χ1n) is 3.75. The Morgan fingerprint density at radius 1 is 1.57 bits per heavy atom. The van der Waals surface area contributed by atoms with E-state index in [1.165, 1.54) is 6.08 Å². The molecule has 1 aliphatic rings. The fraction of sp³-hybridized carbons (Fsp3) is 0.222. The molecule has 0 radical (unpaired) electrons. The van der Waals surface area contributed by atoms with E-state index in [-0.39, 0.29) is 11.0 Å². The molecule has 1 rings (SSSR count). The van der Waals surface area contributed by atoms with E-state index in [1.54, 1.807) is 24.2 Å². The van der Waals surface area contributed by atoms with Crippen LogP contribution >= 0.6 is 0 Å². The Labute approximate surface area is 80.5 Å². The summed E-state index contributed by atoms with van der Waals surface area (Å²) >= 11 is 0. The highest BCUT2D eigenvalue weighted by atomic mass is 16.4. The summed E-state index contributed by atoms with van der Waals surface area (Å²) in [7, 11) is 0. The van der Waals surface area contributed by atoms with E-state index < -0.39 is 17.9 Å². The Bertz CT molecular complexity index is 326. The highest BCUT2D eigenvalue weighted by molar-refractivity contribution is 5.76. The van der Waals surface area contributed by atoms with Crippen LogP contribution in [0.15, 0.2) is 29.9 Å². The van der Waals surface area contributed by atoms with E-state index in [0.29, 0.717) is 0 Å². The van der Waals surface area contributed by atoms with E-state index in [0.717, 1.165) is 0 Å². The van der Waals surface area contributed by atoms with Gasteiger partial charge in [-0.25, -0.2) is 4.79 Å². The standard InChI is InChI=1S/C9H9NO3.H2O/c10-8(9(12)13)7-4-2-1-3-6(7)5-11;/h1-4,7-8H,10H2,(H,12,13);1H2. The van der Waals surface area contributed by atoms with Gasteiger partial charge in [0.15, 0.2) is 0 Å². The smallest absolute Gasteiger partial charge is 0.321 e. The number of carbonyl (C=O) groups excluding carboxylic acids is 1. The van der Waals surface area contributed by atoms with Gasteiger partial charge in [-0.1, -0.05) is 18.2 Å². The number of carboxylic acids is 1. The average molecular weight is 197 g/mol. The van der Waals surface area contributed by atoms with Gasteiger partial charge in [0, 0.05) is 11.5 Å². The summed E-state index contributed by atoms with van der Waals surface area (Å²) < 4.78 is 0. The van der Waals surface area contributed by atoms with Crippen molar-refractivity contribution < 1.29 is 20.2 Å². The van der Waals surface area contributed by atoms with E-state index in [2.05, 4.69) is 0 Å². The second kappa shape index (κ2) is 5.14. The molecule has 0 spiro atoms. The van der Waals surface area contributed by atoms with Crippen molar-refractivity contribution in [2.75, 3.05) is 0 Å². The van der Waals surface area contributed by atoms with Gasteiger partial charge in [0.25, 0.3) is 0 Å². The molecule has 0 aromatic rings. The second-order valence-electron chi connectivity index (χ2n) is 2.69. The van der Waals surface area contributed by atoms with Crippen LogP contribution in [0.3, 0.4) is 0 Å². The van der Waals surface area contributed by atoms with Gasteiger partial charge >= 0.3 is 5.97 Å². The first kappa shape index (κ1) is 12.3. The maximum Gasteiger partial charge on any atom is 0.321 e. The van der Waals surface area contributed by atoms with E-state index in [1.807, 2.05) is 0 Å². The molecule has 0 saturated heterocycles. The number of carbonyl (C=O) groups is 1. The quantitative estimate of drug-likeness (QED) is 0.557. The fourth-order valence-corrected chi connectivity index (χ4v) is 1.13. The van der Waals surface area contributed by atoms with Crippen LogP contribution < -0.4 is 5.73 Å². The lowest BCUT2D eigenvalue weighted by Crippen LogP contribution is -2.38. The average Bonchev–Trinajstić information content (AvgIpc) is 2.16. The zero-order valence-corrected chi connectivity index (χ0v) is 7.31. The normalized spacial score (nSPS) is 20.9. The minimum absolute atomic E-state index is 0. The summed E-state index contributed by atoms with van der Waals surface area (Å²) in [4.78, 5) is 20.9. The molecule has 1 aliphatic carbocycles. The monoisotopic (exact) mass is 197 g/mol. The zero-order valence-electron chi connectivity index (χ0n) is 7.31. The van der Waals surface area contributed by atoms with Gasteiger partial charge in [-0.05, 0) is 6.08 Å². The van der Waals surface area contributed by atoms with Crippen LogP contribution in [-0.2, 0) is 9.59 Å². The lowest BCUT2D eigenvalue weighted by atomic mass is 9.89. The number of aliphatic carboxylic acids is 1. The SMILES string of the molecule is NC(C(=O)O)C1C=CC=CC1=C=O.O. The highest BCUT2D eigenvalue weighted by Gasteiger charge is 2.25. The third kappa shape index (κ3) is 2.40. The maximum absolute atomic E-state index is 10.5. The third-order valence-electron chi connectivity index (χ3n) is 1.85. The molecular weight excluding hydrogens is 186 g/mol. The first-order valence-corrected chi connectivity index (χ1v) is 3.75. The van der Waals surface area contributed by atoms with E-state index in [9.17, 15) is 9.59 Å². The first-order chi connectivity index (χ1) is 6.16. The molecule has 2 atom stereocenters. The van der Waals surface area contributed by atoms with Crippen LogP contribution in [0.5, 0.6) is 0 Å². The van der Waals surface area contributed by atoms with Crippen molar-refractivity contribution in [2.45, 2.75) is 6.04 Å². The van der Waals surface area contributed by atoms with Crippen molar-refractivity contribution in [3.05, 3.63) is 29.9 Å². The van der Waals surface area contributed by atoms with Gasteiger partial charge in [0.2, 0.25) is 0 Å². The predicted molar refractivity (Wildman–Crippen MR) is 50.2 cm³/mol. The summed E-state index contributed by atoms with van der Waals surface area (Å²) in [6.45, 7) is 0. The molecule has 0 saturated carbocycles. The number of carboxylic acid groups (broad SMARTS) is 1. The van der Waals surface area contributed by atoms with E-state index in [4.69, 9.17) is 10.8 Å². The van der Waals surface area contributed by atoms with Crippen LogP contribution in [0.4, 0.5) is 0 Å². The number of hydrogen-bond donors (Lipinski definition) is 2. The van der Waals surface area contributed by atoms with Gasteiger partial charge in [0.05, 0.1) is 0 Å². The highest BCUT2D eigenvalue weighted by Crippen LogP contribution is 2.18. The van der Waals surface area contributed by atoms with Gasteiger partial charge in [0.1, 0.15) is 12.0 Å². The number of hydrogen-bond acceptors (Lipinski definition) is 3. The van der Waals surface area contributed by atoms with Crippen LogP contribution in [-0.4, -0.2) is 28.5 Å². The molecule has 0 aromatic carbocycles. The van der Waals surface area contributed by atoms with Crippen molar-refractivity contribution >= 4 is 11.9 Å². The van der Waals surface area contributed by atoms with Crippen LogP contribution in [0.1, 0.15) is 0 Å². The third-order valence-corrected chi connectivity index (χ3v) is 1.85. The molecule has 2 unspecified atom stereocenters. The van der Waals surface area contributed by atoms with Crippen molar-refractivity contribution in [2.24, 2.45) is 11.7 Å². The Morgan fingerprint density at radius 3 is 2.71 bits per heavy atom. The Balaban J connectivity index is 0.00000169. The summed E-state index contributed by atoms with van der Waals surface area (Å²) in [5.74, 6) is -0.0215. The van der Waals surface area contributed by atoms with Crippen molar-refractivity contribution in [1.82, 2.24) is 0 Å². The fourth-order valence-electron chi connectivity index (χ4n) is 1.13. The van der Waals surface area contributed by atoms with Gasteiger partial charge in [-0.3, -0.25) is 4.79 Å². The summed E-state index contributed by atoms with van der Waals surface area (Å²) in [5, 5.41) is 8.62. The minimum Gasteiger partial charge on any atom is -0.480 e. The summed E-state index contributed by atoms with van der Waals surface area (Å²) in [5.41, 5.74) is 5.65. The number of rotatable bonds is 2. The molecule has 0 aromatic heterocycles. The van der Waals surface area contributed by atoms with E-state index >= 15 is 0 Å². The number of allylic oxidation sites excluding steroid dienone is 3. The molecule has 0 fully saturated rings. The van der Waals surface area contributed by atoms with Gasteiger partial charge < -0.3 is 16.3 Å². The van der Waals surface area contributed by atoms with Crippen molar-refractivity contribution in [3.63, 3.8) is 0 Å². The molecule has 0 aliphatic heterocycles. The molecule has 5 heteroatoms. The molecule has 5 N–H and O–H groups in total. The zero-order chi connectivity index (χ0) is 9.84. The molecule has 0 bridgehead atoms. The summed E-state index contributed by atoms with van der Waals surface area (Å²) in [6.07, 6.45) is 6.40. The topological polar surface area (TPSA) is 112 Å². The van der Waals surface area contributed by atoms with Crippen molar-refractivity contribution in [1.29, 1.82) is 0 Å². The lowest BCUT2D eigenvalue weighted by molar-refractivity contribution is -0.139. The Hall–Kier alpha value is -1.68. The minimum atomic E-state index is -1.13. The van der Waals surface area contributed by atoms with Crippen LogP contribution in [0.25, 0.3) is 0 Å². The Kier molecular flexibility index (Phi) is 4.52. The molecule has 5 nitrogen and oxygen atoms in total.